The number of benzene rings is 1. The lowest BCUT2D eigenvalue weighted by Gasteiger charge is -2.26. The summed E-state index contributed by atoms with van der Waals surface area (Å²) in [6, 6.07) is 2.62. The molecule has 0 unspecified atom stereocenters. The summed E-state index contributed by atoms with van der Waals surface area (Å²) in [5.41, 5.74) is 5.23. The first-order valence-corrected chi connectivity index (χ1v) is 7.29. The van der Waals surface area contributed by atoms with Crippen LogP contribution in [-0.2, 0) is 4.79 Å². The lowest BCUT2D eigenvalue weighted by atomic mass is 9.85. The van der Waals surface area contributed by atoms with Crippen LogP contribution in [0.5, 0.6) is 0 Å². The second-order valence-corrected chi connectivity index (χ2v) is 6.12. The molecule has 1 saturated carbocycles. The van der Waals surface area contributed by atoms with Gasteiger partial charge in [-0.05, 0) is 25.0 Å². The number of nitrogens with one attached hydrogen (secondary N) is 1. The molecule has 108 valence electrons. The fourth-order valence-electron chi connectivity index (χ4n) is 2.44. The van der Waals surface area contributed by atoms with Crippen molar-refractivity contribution in [1.82, 2.24) is 0 Å². The number of amides is 1. The number of hydrogen-bond donors (Lipinski definition) is 2. The minimum Gasteiger partial charge on any atom is -0.392 e. The molecule has 3 nitrogen and oxygen atoms in total. The molecule has 0 saturated heterocycles. The molecule has 0 aliphatic heterocycles. The Hall–Kier alpha value is -0.910. The molecule has 0 atom stereocenters. The number of halogens is 3. The molecule has 3 N–H and O–H groups in total. The van der Waals surface area contributed by atoms with Crippen molar-refractivity contribution in [3.63, 3.8) is 0 Å². The van der Waals surface area contributed by atoms with Gasteiger partial charge < -0.3 is 11.1 Å². The topological polar surface area (TPSA) is 55.1 Å². The van der Waals surface area contributed by atoms with Crippen molar-refractivity contribution in [2.24, 2.45) is 11.1 Å². The highest BCUT2D eigenvalue weighted by Crippen LogP contribution is 2.40. The summed E-state index contributed by atoms with van der Waals surface area (Å²) in [6.45, 7) is 0. The Bertz CT molecular complexity index is 550. The van der Waals surface area contributed by atoms with E-state index in [4.69, 9.17) is 41.2 Å². The normalized spacial score (nSPS) is 16.9. The zero-order chi connectivity index (χ0) is 14.9. The van der Waals surface area contributed by atoms with Crippen LogP contribution in [0.3, 0.4) is 0 Å². The van der Waals surface area contributed by atoms with Crippen LogP contribution in [0.15, 0.2) is 12.1 Å². The maximum absolute atomic E-state index is 13.3. The van der Waals surface area contributed by atoms with E-state index < -0.39 is 11.2 Å². The zero-order valence-electron chi connectivity index (χ0n) is 10.5. The van der Waals surface area contributed by atoms with Gasteiger partial charge in [0.1, 0.15) is 0 Å². The van der Waals surface area contributed by atoms with Gasteiger partial charge in [0.05, 0.1) is 20.4 Å². The molecular weight excluding hydrogens is 322 g/mol. The van der Waals surface area contributed by atoms with E-state index in [1.54, 1.807) is 0 Å². The van der Waals surface area contributed by atoms with Crippen molar-refractivity contribution in [3.8, 4) is 0 Å². The number of rotatable bonds is 3. The first-order valence-electron chi connectivity index (χ1n) is 6.13. The van der Waals surface area contributed by atoms with Crippen molar-refractivity contribution in [3.05, 3.63) is 28.0 Å². The van der Waals surface area contributed by atoms with Crippen molar-refractivity contribution >= 4 is 52.0 Å². The van der Waals surface area contributed by atoms with Crippen LogP contribution in [-0.4, -0.2) is 10.9 Å². The monoisotopic (exact) mass is 334 g/mol. The Kier molecular flexibility index (Phi) is 4.52. The van der Waals surface area contributed by atoms with E-state index in [9.17, 15) is 9.18 Å². The predicted molar refractivity (Wildman–Crippen MR) is 82.7 cm³/mol. The van der Waals surface area contributed by atoms with Crippen molar-refractivity contribution in [1.29, 1.82) is 0 Å². The smallest absolute Gasteiger partial charge is 0.237 e. The van der Waals surface area contributed by atoms with Crippen molar-refractivity contribution in [2.45, 2.75) is 25.7 Å². The Morgan fingerprint density at radius 2 is 1.80 bits per heavy atom. The molecule has 0 radical (unpaired) electrons. The highest BCUT2D eigenvalue weighted by Gasteiger charge is 2.44. The van der Waals surface area contributed by atoms with Crippen molar-refractivity contribution < 1.29 is 9.18 Å². The number of nitrogens with two attached hydrogens (primary N) is 1. The van der Waals surface area contributed by atoms with Gasteiger partial charge >= 0.3 is 0 Å². The number of anilines is 1. The number of carbonyl (C=O) groups is 1. The van der Waals surface area contributed by atoms with Gasteiger partial charge in [0.25, 0.3) is 0 Å². The maximum Gasteiger partial charge on any atom is 0.237 e. The molecule has 0 heterocycles. The van der Waals surface area contributed by atoms with E-state index in [-0.39, 0.29) is 20.9 Å². The van der Waals surface area contributed by atoms with Gasteiger partial charge in [-0.25, -0.2) is 4.39 Å². The molecule has 2 rings (SSSR count). The molecule has 1 aromatic rings. The van der Waals surface area contributed by atoms with Crippen molar-refractivity contribution in [2.75, 3.05) is 5.32 Å². The van der Waals surface area contributed by atoms with Gasteiger partial charge in [0.2, 0.25) is 5.91 Å². The summed E-state index contributed by atoms with van der Waals surface area (Å²) in [4.78, 5) is 12.6. The van der Waals surface area contributed by atoms with E-state index in [1.165, 1.54) is 12.1 Å². The molecule has 1 aromatic carbocycles. The van der Waals surface area contributed by atoms with Gasteiger partial charge in [-0.2, -0.15) is 0 Å². The van der Waals surface area contributed by atoms with Gasteiger partial charge in [0.15, 0.2) is 5.82 Å². The van der Waals surface area contributed by atoms with Crippen LogP contribution in [0.25, 0.3) is 0 Å². The number of carbonyl (C=O) groups excluding carboxylic acids is 1. The fourth-order valence-corrected chi connectivity index (χ4v) is 3.23. The largest absolute Gasteiger partial charge is 0.392 e. The number of thiocarbonyl (C=S) groups is 1. The molecule has 1 amide bonds. The average molecular weight is 335 g/mol. The number of hydrogen-bond acceptors (Lipinski definition) is 2. The minimum absolute atomic E-state index is 0.149. The molecule has 0 aromatic heterocycles. The molecule has 1 aliphatic carbocycles. The summed E-state index contributed by atoms with van der Waals surface area (Å²) in [5.74, 6) is -1.00. The Balaban J connectivity index is 2.25. The zero-order valence-corrected chi connectivity index (χ0v) is 12.8. The molecular formula is C13H13Cl2FN2OS. The molecule has 7 heteroatoms. The Morgan fingerprint density at radius 3 is 2.25 bits per heavy atom. The molecule has 0 bridgehead atoms. The Morgan fingerprint density at radius 1 is 1.30 bits per heavy atom. The van der Waals surface area contributed by atoms with E-state index in [0.717, 1.165) is 12.8 Å². The highest BCUT2D eigenvalue weighted by atomic mass is 35.5. The van der Waals surface area contributed by atoms with Crippen LogP contribution in [0, 0.1) is 11.2 Å². The van der Waals surface area contributed by atoms with Crippen LogP contribution in [0.4, 0.5) is 10.1 Å². The average Bonchev–Trinajstić information content (AvgIpc) is 2.86. The summed E-state index contributed by atoms with van der Waals surface area (Å²) < 4.78 is 13.3. The minimum atomic E-state index is -0.831. The third-order valence-corrected chi connectivity index (χ3v) is 4.55. The van der Waals surface area contributed by atoms with E-state index in [0.29, 0.717) is 18.5 Å². The first kappa shape index (κ1) is 15.5. The second-order valence-electron chi connectivity index (χ2n) is 4.86. The van der Waals surface area contributed by atoms with E-state index in [1.807, 2.05) is 0 Å². The highest BCUT2D eigenvalue weighted by molar-refractivity contribution is 7.80. The molecule has 20 heavy (non-hydrogen) atoms. The second kappa shape index (κ2) is 5.84. The lowest BCUT2D eigenvalue weighted by molar-refractivity contribution is -0.122. The summed E-state index contributed by atoms with van der Waals surface area (Å²) in [7, 11) is 0. The molecule has 1 fully saturated rings. The van der Waals surface area contributed by atoms with Crippen LogP contribution >= 0.6 is 35.4 Å². The lowest BCUT2D eigenvalue weighted by Crippen LogP contribution is -2.43. The summed E-state index contributed by atoms with van der Waals surface area (Å²) >= 11 is 16.4. The van der Waals surface area contributed by atoms with Gasteiger partial charge in [-0.1, -0.05) is 48.3 Å². The van der Waals surface area contributed by atoms with E-state index in [2.05, 4.69) is 5.32 Å². The van der Waals surface area contributed by atoms with Crippen LogP contribution in [0.1, 0.15) is 25.7 Å². The van der Waals surface area contributed by atoms with Gasteiger partial charge in [0, 0.05) is 5.69 Å². The molecule has 0 spiro atoms. The SMILES string of the molecule is NC(=S)C1(C(=O)Nc2cc(Cl)c(F)c(Cl)c2)CCCC1. The third-order valence-electron chi connectivity index (χ3n) is 3.61. The van der Waals surface area contributed by atoms with Gasteiger partial charge in [-0.3, -0.25) is 4.79 Å². The van der Waals surface area contributed by atoms with Gasteiger partial charge in [-0.15, -0.1) is 0 Å². The van der Waals surface area contributed by atoms with Crippen LogP contribution < -0.4 is 11.1 Å². The standard InChI is InChI=1S/C13H13Cl2FN2OS/c14-8-5-7(6-9(15)10(8)16)18-12(19)13(11(17)20)3-1-2-4-13/h5-6H,1-4H2,(H2,17,20)(H,18,19). The van der Waals surface area contributed by atoms with Crippen LogP contribution in [0.2, 0.25) is 10.0 Å². The third kappa shape index (κ3) is 2.75. The fraction of sp³-hybridized carbons (Fsp3) is 0.385. The predicted octanol–water partition coefficient (Wildman–Crippen LogP) is 3.92. The first-order chi connectivity index (χ1) is 9.36. The summed E-state index contributed by atoms with van der Waals surface area (Å²) in [5, 5.41) is 2.37. The van der Waals surface area contributed by atoms with E-state index >= 15 is 0 Å². The Labute approximate surface area is 131 Å². The summed E-state index contributed by atoms with van der Waals surface area (Å²) in [6.07, 6.45) is 3.04. The quantitative estimate of drug-likeness (QED) is 0.650. The maximum atomic E-state index is 13.3. The molecule has 1 aliphatic rings.